The van der Waals surface area contributed by atoms with Gasteiger partial charge in [-0.25, -0.2) is 0 Å². The minimum Gasteiger partial charge on any atom is -0.496 e. The third-order valence-electron chi connectivity index (χ3n) is 3.77. The quantitative estimate of drug-likeness (QED) is 0.797. The van der Waals surface area contributed by atoms with Crippen molar-refractivity contribution in [3.05, 3.63) is 64.3 Å². The third-order valence-corrected chi connectivity index (χ3v) is 3.77. The molecule has 5 nitrogen and oxygen atoms in total. The molecule has 1 aliphatic rings. The minimum atomic E-state index is 0.355. The van der Waals surface area contributed by atoms with Crippen LogP contribution in [0.1, 0.15) is 24.0 Å². The Hall–Kier alpha value is -2.82. The van der Waals surface area contributed by atoms with E-state index in [2.05, 4.69) is 21.2 Å². The molecular formula is C18H17N3O2. The van der Waals surface area contributed by atoms with Gasteiger partial charge in [0, 0.05) is 36.1 Å². The van der Waals surface area contributed by atoms with Gasteiger partial charge >= 0.3 is 0 Å². The molecule has 2 heterocycles. The molecule has 0 aliphatic carbocycles. The van der Waals surface area contributed by atoms with Crippen molar-refractivity contribution >= 4 is 17.5 Å². The smallest absolute Gasteiger partial charge is 0.128 e. The molecule has 5 heteroatoms. The summed E-state index contributed by atoms with van der Waals surface area (Å²) in [6.07, 6.45) is 7.62. The number of hydrogen-bond acceptors (Lipinski definition) is 5. The van der Waals surface area contributed by atoms with E-state index in [0.717, 1.165) is 41.8 Å². The number of aliphatic imine (C=N–C) groups is 1. The summed E-state index contributed by atoms with van der Waals surface area (Å²) in [7, 11) is 1.59. The predicted octanol–water partition coefficient (Wildman–Crippen LogP) is 4.15. The van der Waals surface area contributed by atoms with Crippen molar-refractivity contribution in [2.75, 3.05) is 13.7 Å². The molecule has 2 aromatic rings. The van der Waals surface area contributed by atoms with E-state index in [-0.39, 0.29) is 0 Å². The van der Waals surface area contributed by atoms with Gasteiger partial charge in [-0.15, -0.1) is 4.91 Å². The summed E-state index contributed by atoms with van der Waals surface area (Å²) < 4.78 is 5.37. The lowest BCUT2D eigenvalue weighted by Crippen LogP contribution is -2.12. The van der Waals surface area contributed by atoms with Gasteiger partial charge in [-0.05, 0) is 53.9 Å². The van der Waals surface area contributed by atoms with Crippen LogP contribution >= 0.6 is 0 Å². The summed E-state index contributed by atoms with van der Waals surface area (Å²) in [4.78, 5) is 19.5. The molecule has 0 saturated heterocycles. The average Bonchev–Trinajstić information content (AvgIpc) is 2.63. The molecule has 0 spiro atoms. The van der Waals surface area contributed by atoms with E-state index in [1.807, 2.05) is 24.4 Å². The molecule has 0 atom stereocenters. The Labute approximate surface area is 134 Å². The van der Waals surface area contributed by atoms with Crippen LogP contribution in [0.25, 0.3) is 6.08 Å². The van der Waals surface area contributed by atoms with Crippen molar-refractivity contribution in [2.45, 2.75) is 12.8 Å². The van der Waals surface area contributed by atoms with Crippen LogP contribution in [-0.4, -0.2) is 24.4 Å². The van der Waals surface area contributed by atoms with E-state index in [9.17, 15) is 4.91 Å². The molecule has 23 heavy (non-hydrogen) atoms. The Bertz CT molecular complexity index is 767. The van der Waals surface area contributed by atoms with E-state index >= 15 is 0 Å². The highest BCUT2D eigenvalue weighted by atomic mass is 16.5. The Morgan fingerprint density at radius 3 is 2.96 bits per heavy atom. The molecule has 0 fully saturated rings. The second-order valence-corrected chi connectivity index (χ2v) is 5.26. The first-order chi connectivity index (χ1) is 11.3. The molecule has 0 unspecified atom stereocenters. The summed E-state index contributed by atoms with van der Waals surface area (Å²) in [6.45, 7) is 0.826. The fourth-order valence-corrected chi connectivity index (χ4v) is 2.66. The fourth-order valence-electron chi connectivity index (χ4n) is 2.66. The van der Waals surface area contributed by atoms with Crippen molar-refractivity contribution < 1.29 is 4.74 Å². The second kappa shape index (κ2) is 6.96. The van der Waals surface area contributed by atoms with E-state index in [1.54, 1.807) is 25.4 Å². The van der Waals surface area contributed by atoms with E-state index in [4.69, 9.17) is 4.74 Å². The summed E-state index contributed by atoms with van der Waals surface area (Å²) in [6, 6.07) is 9.10. The average molecular weight is 307 g/mol. The Kier molecular flexibility index (Phi) is 4.57. The maximum atomic E-state index is 10.7. The number of rotatable bonds is 4. The lowest BCUT2D eigenvalue weighted by molar-refractivity contribution is 0.414. The van der Waals surface area contributed by atoms with Crippen molar-refractivity contribution in [1.82, 2.24) is 4.98 Å². The first kappa shape index (κ1) is 15.1. The van der Waals surface area contributed by atoms with Crippen LogP contribution in [0.3, 0.4) is 0 Å². The van der Waals surface area contributed by atoms with E-state index in [1.165, 1.54) is 0 Å². The van der Waals surface area contributed by atoms with Crippen LogP contribution in [0.4, 0.5) is 5.69 Å². The number of nitroso groups, excluding NO2 is 1. The van der Waals surface area contributed by atoms with Crippen molar-refractivity contribution in [1.29, 1.82) is 0 Å². The molecule has 1 aromatic carbocycles. The number of ether oxygens (including phenoxy) is 1. The third kappa shape index (κ3) is 3.34. The van der Waals surface area contributed by atoms with E-state index < -0.39 is 0 Å². The zero-order valence-electron chi connectivity index (χ0n) is 12.9. The highest BCUT2D eigenvalue weighted by Crippen LogP contribution is 2.29. The molecule has 116 valence electrons. The number of nitrogens with zero attached hydrogens (tertiary/aromatic N) is 3. The molecule has 0 bridgehead atoms. The Morgan fingerprint density at radius 1 is 1.30 bits per heavy atom. The van der Waals surface area contributed by atoms with Crippen molar-refractivity contribution in [3.8, 4) is 5.75 Å². The number of benzene rings is 1. The molecular weight excluding hydrogens is 290 g/mol. The van der Waals surface area contributed by atoms with Gasteiger partial charge in [0.2, 0.25) is 0 Å². The van der Waals surface area contributed by atoms with Gasteiger partial charge in [0.15, 0.2) is 0 Å². The number of pyridine rings is 1. The summed E-state index contributed by atoms with van der Waals surface area (Å²) in [5.74, 6) is 0.630. The van der Waals surface area contributed by atoms with Crippen LogP contribution in [0.15, 0.2) is 58.5 Å². The van der Waals surface area contributed by atoms with Crippen LogP contribution in [0.2, 0.25) is 0 Å². The first-order valence-corrected chi connectivity index (χ1v) is 7.49. The predicted molar refractivity (Wildman–Crippen MR) is 91.3 cm³/mol. The molecule has 1 aromatic heterocycles. The zero-order valence-corrected chi connectivity index (χ0v) is 12.9. The van der Waals surface area contributed by atoms with Crippen LogP contribution in [0, 0.1) is 4.91 Å². The minimum absolute atomic E-state index is 0.355. The number of hydrogen-bond donors (Lipinski definition) is 0. The van der Waals surface area contributed by atoms with E-state index in [0.29, 0.717) is 11.4 Å². The van der Waals surface area contributed by atoms with Crippen molar-refractivity contribution in [3.63, 3.8) is 0 Å². The highest BCUT2D eigenvalue weighted by molar-refractivity contribution is 6.15. The SMILES string of the molecule is COc1cc(N=O)ccc1/C=C1\CCCN=C1c1cccnc1. The lowest BCUT2D eigenvalue weighted by atomic mass is 9.94. The van der Waals surface area contributed by atoms with Crippen LogP contribution in [0.5, 0.6) is 5.75 Å². The summed E-state index contributed by atoms with van der Waals surface area (Å²) >= 11 is 0. The van der Waals surface area contributed by atoms with Gasteiger partial charge in [0.05, 0.1) is 12.8 Å². The van der Waals surface area contributed by atoms with Gasteiger partial charge in [-0.2, -0.15) is 0 Å². The molecule has 0 amide bonds. The number of methoxy groups -OCH3 is 1. The molecule has 0 N–H and O–H groups in total. The highest BCUT2D eigenvalue weighted by Gasteiger charge is 2.15. The van der Waals surface area contributed by atoms with Crippen molar-refractivity contribution in [2.24, 2.45) is 10.2 Å². The van der Waals surface area contributed by atoms with Gasteiger partial charge in [-0.1, -0.05) is 0 Å². The maximum absolute atomic E-state index is 10.7. The standard InChI is InChI=1S/C18H17N3O2/c1-23-17-11-16(21-22)7-6-13(17)10-14-4-3-9-20-18(14)15-5-2-8-19-12-15/h2,5-8,10-12H,3-4,9H2,1H3/b14-10+. The largest absolute Gasteiger partial charge is 0.496 e. The summed E-state index contributed by atoms with van der Waals surface area (Å²) in [5.41, 5.74) is 4.41. The maximum Gasteiger partial charge on any atom is 0.128 e. The van der Waals surface area contributed by atoms with Crippen LogP contribution < -0.4 is 4.74 Å². The Morgan fingerprint density at radius 2 is 2.22 bits per heavy atom. The topological polar surface area (TPSA) is 63.9 Å². The normalized spacial score (nSPS) is 16.0. The van der Waals surface area contributed by atoms with Gasteiger partial charge in [-0.3, -0.25) is 9.98 Å². The summed E-state index contributed by atoms with van der Waals surface area (Å²) in [5, 5.41) is 2.95. The van der Waals surface area contributed by atoms with Crippen LogP contribution in [-0.2, 0) is 0 Å². The second-order valence-electron chi connectivity index (χ2n) is 5.26. The molecule has 0 saturated carbocycles. The van der Waals surface area contributed by atoms with Gasteiger partial charge in [0.1, 0.15) is 11.4 Å². The zero-order chi connectivity index (χ0) is 16.1. The van der Waals surface area contributed by atoms with Gasteiger partial charge in [0.25, 0.3) is 0 Å². The lowest BCUT2D eigenvalue weighted by Gasteiger charge is -2.17. The Balaban J connectivity index is 2.02. The fraction of sp³-hybridized carbons (Fsp3) is 0.222. The molecule has 0 radical (unpaired) electrons. The number of allylic oxidation sites excluding steroid dienone is 1. The van der Waals surface area contributed by atoms with Gasteiger partial charge < -0.3 is 4.74 Å². The molecule has 1 aliphatic heterocycles. The number of aromatic nitrogens is 1. The monoisotopic (exact) mass is 307 g/mol. The molecule has 3 rings (SSSR count). The first-order valence-electron chi connectivity index (χ1n) is 7.49.